The lowest BCUT2D eigenvalue weighted by atomic mass is 9.86. The Balaban J connectivity index is 1.39. The third kappa shape index (κ3) is 4.95. The van der Waals surface area contributed by atoms with E-state index in [-0.39, 0.29) is 17.6 Å². The molecular weight excluding hydrogens is 384 g/mol. The standard InChI is InChI=1S/C27H36N2O2/c1-20-10-8-11-21(2)28(20)16-6-3-7-17-29-26-15-5-4-12-23(26)19-25(27(29)31)22-13-9-14-24(30)18-22/h4-5,9,12-15,18,20-21,25,30H,3,6-8,10-11,16-17,19H2,1-2H3/t20-,21+,25?. The number of aromatic hydroxyl groups is 1. The Bertz CT molecular complexity index is 886. The zero-order valence-corrected chi connectivity index (χ0v) is 19.0. The molecule has 3 atom stereocenters. The zero-order valence-electron chi connectivity index (χ0n) is 19.0. The van der Waals surface area contributed by atoms with E-state index in [4.69, 9.17) is 0 Å². The maximum absolute atomic E-state index is 13.4. The highest BCUT2D eigenvalue weighted by Crippen LogP contribution is 2.36. The van der Waals surface area contributed by atoms with Crippen LogP contribution in [0.5, 0.6) is 5.75 Å². The zero-order chi connectivity index (χ0) is 21.8. The molecular formula is C27H36N2O2. The molecule has 4 nitrogen and oxygen atoms in total. The van der Waals surface area contributed by atoms with Crippen molar-refractivity contribution >= 4 is 11.6 Å². The minimum Gasteiger partial charge on any atom is -0.508 e. The molecule has 0 spiro atoms. The lowest BCUT2D eigenvalue weighted by molar-refractivity contribution is -0.120. The van der Waals surface area contributed by atoms with E-state index < -0.39 is 0 Å². The smallest absolute Gasteiger partial charge is 0.234 e. The minimum absolute atomic E-state index is 0.155. The summed E-state index contributed by atoms with van der Waals surface area (Å²) in [5.74, 6) is 0.150. The Kier molecular flexibility index (Phi) is 6.96. The first-order valence-corrected chi connectivity index (χ1v) is 12.0. The van der Waals surface area contributed by atoms with Crippen LogP contribution in [0.25, 0.3) is 0 Å². The van der Waals surface area contributed by atoms with Gasteiger partial charge in [0.1, 0.15) is 5.75 Å². The van der Waals surface area contributed by atoms with Crippen molar-refractivity contribution in [2.45, 2.75) is 76.8 Å². The Morgan fingerprint density at radius 3 is 2.45 bits per heavy atom. The fourth-order valence-electron chi connectivity index (χ4n) is 5.45. The lowest BCUT2D eigenvalue weighted by Crippen LogP contribution is -2.44. The monoisotopic (exact) mass is 420 g/mol. The Morgan fingerprint density at radius 1 is 0.935 bits per heavy atom. The molecule has 0 radical (unpaired) electrons. The number of piperidine rings is 1. The van der Waals surface area contributed by atoms with Crippen LogP contribution < -0.4 is 4.90 Å². The number of phenols is 1. The molecule has 166 valence electrons. The number of unbranched alkanes of at least 4 members (excludes halogenated alkanes) is 2. The predicted molar refractivity (Wildman–Crippen MR) is 127 cm³/mol. The van der Waals surface area contributed by atoms with E-state index in [9.17, 15) is 9.90 Å². The van der Waals surface area contributed by atoms with Crippen molar-refractivity contribution in [2.24, 2.45) is 0 Å². The Labute approximate surface area is 186 Å². The number of carbonyl (C=O) groups is 1. The van der Waals surface area contributed by atoms with Crippen molar-refractivity contribution in [1.82, 2.24) is 4.90 Å². The molecule has 0 bridgehead atoms. The van der Waals surface area contributed by atoms with E-state index >= 15 is 0 Å². The van der Waals surface area contributed by atoms with Crippen molar-refractivity contribution in [2.75, 3.05) is 18.0 Å². The largest absolute Gasteiger partial charge is 0.508 e. The molecule has 2 aromatic rings. The SMILES string of the molecule is C[C@@H]1CCC[C@H](C)N1CCCCCN1C(=O)C(c2cccc(O)c2)Cc2ccccc21. The predicted octanol–water partition coefficient (Wildman–Crippen LogP) is 5.50. The molecule has 0 saturated carbocycles. The van der Waals surface area contributed by atoms with Gasteiger partial charge >= 0.3 is 0 Å². The van der Waals surface area contributed by atoms with Gasteiger partial charge in [-0.1, -0.05) is 43.2 Å². The average molecular weight is 421 g/mol. The molecule has 2 aliphatic heterocycles. The average Bonchev–Trinajstić information content (AvgIpc) is 2.76. The fourth-order valence-corrected chi connectivity index (χ4v) is 5.45. The number of nitrogens with zero attached hydrogens (tertiary/aromatic N) is 2. The molecule has 4 heteroatoms. The van der Waals surface area contributed by atoms with Gasteiger partial charge in [0.05, 0.1) is 5.92 Å². The highest BCUT2D eigenvalue weighted by molar-refractivity contribution is 6.01. The Morgan fingerprint density at radius 2 is 1.68 bits per heavy atom. The van der Waals surface area contributed by atoms with Gasteiger partial charge in [-0.15, -0.1) is 0 Å². The number of rotatable bonds is 7. The highest BCUT2D eigenvalue weighted by Gasteiger charge is 2.33. The highest BCUT2D eigenvalue weighted by atomic mass is 16.3. The maximum Gasteiger partial charge on any atom is 0.234 e. The molecule has 0 aromatic heterocycles. The van der Waals surface area contributed by atoms with Gasteiger partial charge in [0.25, 0.3) is 0 Å². The van der Waals surface area contributed by atoms with Crippen LogP contribution in [0.4, 0.5) is 5.69 Å². The summed E-state index contributed by atoms with van der Waals surface area (Å²) in [5, 5.41) is 9.91. The van der Waals surface area contributed by atoms with E-state index in [1.807, 2.05) is 29.2 Å². The number of amides is 1. The quantitative estimate of drug-likeness (QED) is 0.602. The molecule has 1 N–H and O–H groups in total. The summed E-state index contributed by atoms with van der Waals surface area (Å²) in [6.07, 6.45) is 8.03. The van der Waals surface area contributed by atoms with Crippen LogP contribution in [0.3, 0.4) is 0 Å². The molecule has 1 unspecified atom stereocenters. The number of anilines is 1. The molecule has 31 heavy (non-hydrogen) atoms. The summed E-state index contributed by atoms with van der Waals surface area (Å²) in [5.41, 5.74) is 3.17. The van der Waals surface area contributed by atoms with Gasteiger partial charge in [-0.3, -0.25) is 9.69 Å². The number of benzene rings is 2. The van der Waals surface area contributed by atoms with E-state index in [0.717, 1.165) is 30.6 Å². The second-order valence-corrected chi connectivity index (χ2v) is 9.40. The van der Waals surface area contributed by atoms with Crippen molar-refractivity contribution in [1.29, 1.82) is 0 Å². The number of fused-ring (bicyclic) bond motifs is 1. The van der Waals surface area contributed by atoms with Gasteiger partial charge in [-0.25, -0.2) is 0 Å². The first-order valence-electron chi connectivity index (χ1n) is 12.0. The van der Waals surface area contributed by atoms with Crippen LogP contribution in [0, 0.1) is 0 Å². The molecule has 2 aliphatic rings. The summed E-state index contributed by atoms with van der Waals surface area (Å²) in [6.45, 7) is 6.65. The van der Waals surface area contributed by atoms with Crippen LogP contribution in [0.2, 0.25) is 0 Å². The van der Waals surface area contributed by atoms with Gasteiger partial charge in [0.15, 0.2) is 0 Å². The molecule has 1 amide bonds. The van der Waals surface area contributed by atoms with E-state index in [1.165, 1.54) is 37.8 Å². The van der Waals surface area contributed by atoms with Crippen LogP contribution in [0.15, 0.2) is 48.5 Å². The van der Waals surface area contributed by atoms with Crippen molar-refractivity contribution in [3.63, 3.8) is 0 Å². The van der Waals surface area contributed by atoms with Crippen molar-refractivity contribution in [3.8, 4) is 5.75 Å². The topological polar surface area (TPSA) is 43.8 Å². The lowest BCUT2D eigenvalue weighted by Gasteiger charge is -2.39. The van der Waals surface area contributed by atoms with E-state index in [1.54, 1.807) is 12.1 Å². The normalized spacial score (nSPS) is 24.3. The van der Waals surface area contributed by atoms with Crippen LogP contribution in [-0.2, 0) is 11.2 Å². The second-order valence-electron chi connectivity index (χ2n) is 9.40. The number of likely N-dealkylation sites (tertiary alicyclic amines) is 1. The Hall–Kier alpha value is -2.33. The molecule has 2 heterocycles. The van der Waals surface area contributed by atoms with Gasteiger partial charge in [0.2, 0.25) is 5.91 Å². The second kappa shape index (κ2) is 9.86. The maximum atomic E-state index is 13.4. The molecule has 0 aliphatic carbocycles. The molecule has 1 fully saturated rings. The van der Waals surface area contributed by atoms with Crippen LogP contribution in [0.1, 0.15) is 69.4 Å². The molecule has 4 rings (SSSR count). The third-order valence-corrected chi connectivity index (χ3v) is 7.22. The summed E-state index contributed by atoms with van der Waals surface area (Å²) >= 11 is 0. The number of carbonyl (C=O) groups excluding carboxylic acids is 1. The molecule has 1 saturated heterocycles. The van der Waals surface area contributed by atoms with Crippen molar-refractivity contribution in [3.05, 3.63) is 59.7 Å². The summed E-state index contributed by atoms with van der Waals surface area (Å²) in [4.78, 5) is 18.1. The number of hydrogen-bond donors (Lipinski definition) is 1. The van der Waals surface area contributed by atoms with Crippen LogP contribution >= 0.6 is 0 Å². The van der Waals surface area contributed by atoms with Crippen LogP contribution in [-0.4, -0.2) is 41.1 Å². The number of para-hydroxylation sites is 1. The first-order chi connectivity index (χ1) is 15.0. The number of phenolic OH excluding ortho intramolecular Hbond substituents is 1. The van der Waals surface area contributed by atoms with E-state index in [2.05, 4.69) is 30.9 Å². The van der Waals surface area contributed by atoms with Gasteiger partial charge in [0, 0.05) is 24.3 Å². The van der Waals surface area contributed by atoms with Gasteiger partial charge in [-0.05, 0) is 81.8 Å². The van der Waals surface area contributed by atoms with Gasteiger partial charge in [-0.2, -0.15) is 0 Å². The van der Waals surface area contributed by atoms with Gasteiger partial charge < -0.3 is 10.0 Å². The fraction of sp³-hybridized carbons (Fsp3) is 0.519. The van der Waals surface area contributed by atoms with E-state index in [0.29, 0.717) is 18.5 Å². The molecule has 2 aromatic carbocycles. The first kappa shape index (κ1) is 21.9. The third-order valence-electron chi connectivity index (χ3n) is 7.22. The number of hydrogen-bond acceptors (Lipinski definition) is 3. The summed E-state index contributed by atoms with van der Waals surface area (Å²) < 4.78 is 0. The minimum atomic E-state index is -0.225. The summed E-state index contributed by atoms with van der Waals surface area (Å²) in [6, 6.07) is 16.8. The van der Waals surface area contributed by atoms with Crippen molar-refractivity contribution < 1.29 is 9.90 Å². The summed E-state index contributed by atoms with van der Waals surface area (Å²) in [7, 11) is 0.